The van der Waals surface area contributed by atoms with Crippen LogP contribution in [0.15, 0.2) is 18.2 Å². The molecule has 16 heavy (non-hydrogen) atoms. The van der Waals surface area contributed by atoms with Crippen LogP contribution in [0.4, 0.5) is 4.39 Å². The fourth-order valence-corrected chi connectivity index (χ4v) is 1.65. The third-order valence-corrected chi connectivity index (χ3v) is 2.91. The third kappa shape index (κ3) is 2.38. The summed E-state index contributed by atoms with van der Waals surface area (Å²) in [7, 11) is 0. The highest BCUT2D eigenvalue weighted by molar-refractivity contribution is 5.33. The first kappa shape index (κ1) is 11.1. The minimum atomic E-state index is -0.398. The van der Waals surface area contributed by atoms with Crippen molar-refractivity contribution in [1.29, 1.82) is 5.26 Å². The number of aliphatic hydroxyl groups excluding tert-OH is 1. The van der Waals surface area contributed by atoms with Crippen LogP contribution in [0.3, 0.4) is 0 Å². The Bertz CT molecular complexity index is 435. The monoisotopic (exact) mass is 220 g/mol. The van der Waals surface area contributed by atoms with Crippen LogP contribution >= 0.6 is 0 Å². The van der Waals surface area contributed by atoms with Crippen molar-refractivity contribution in [3.63, 3.8) is 0 Å². The summed E-state index contributed by atoms with van der Waals surface area (Å²) in [6.45, 7) is 0.584. The maximum Gasteiger partial charge on any atom is 0.124 e. The number of nitriles is 1. The van der Waals surface area contributed by atoms with Crippen molar-refractivity contribution in [2.75, 3.05) is 6.61 Å². The third-order valence-electron chi connectivity index (χ3n) is 2.91. The zero-order valence-corrected chi connectivity index (χ0v) is 8.83. The summed E-state index contributed by atoms with van der Waals surface area (Å²) in [5, 5.41) is 21.0. The average molecular weight is 220 g/mol. The second-order valence-electron chi connectivity index (χ2n) is 4.25. The van der Waals surface area contributed by atoms with Gasteiger partial charge in [-0.25, -0.2) is 4.39 Å². The van der Waals surface area contributed by atoms with Gasteiger partial charge in [-0.1, -0.05) is 0 Å². The van der Waals surface area contributed by atoms with E-state index in [1.54, 1.807) is 6.07 Å². The van der Waals surface area contributed by atoms with E-state index in [1.807, 2.05) is 6.07 Å². The molecule has 1 aliphatic carbocycles. The van der Waals surface area contributed by atoms with Crippen molar-refractivity contribution in [2.24, 2.45) is 0 Å². The van der Waals surface area contributed by atoms with E-state index in [-0.39, 0.29) is 12.1 Å². The summed E-state index contributed by atoms with van der Waals surface area (Å²) in [5.74, 6) is -0.398. The zero-order chi connectivity index (χ0) is 11.6. The van der Waals surface area contributed by atoms with Crippen molar-refractivity contribution < 1.29 is 9.50 Å². The van der Waals surface area contributed by atoms with Crippen molar-refractivity contribution in [1.82, 2.24) is 5.32 Å². The van der Waals surface area contributed by atoms with E-state index in [0.717, 1.165) is 18.4 Å². The van der Waals surface area contributed by atoms with Crippen molar-refractivity contribution in [2.45, 2.75) is 24.9 Å². The maximum atomic E-state index is 13.1. The van der Waals surface area contributed by atoms with Gasteiger partial charge in [-0.2, -0.15) is 5.26 Å². The lowest BCUT2D eigenvalue weighted by Crippen LogP contribution is -2.34. The first-order valence-electron chi connectivity index (χ1n) is 5.23. The minimum absolute atomic E-state index is 0.105. The minimum Gasteiger partial charge on any atom is -0.394 e. The van der Waals surface area contributed by atoms with Gasteiger partial charge in [-0.05, 0) is 36.6 Å². The number of hydrogen-bond donors (Lipinski definition) is 2. The van der Waals surface area contributed by atoms with Crippen LogP contribution in [0.25, 0.3) is 0 Å². The van der Waals surface area contributed by atoms with E-state index in [4.69, 9.17) is 10.4 Å². The number of aliphatic hydroxyl groups is 1. The number of hydrogen-bond acceptors (Lipinski definition) is 3. The summed E-state index contributed by atoms with van der Waals surface area (Å²) in [6, 6.07) is 6.19. The van der Waals surface area contributed by atoms with E-state index in [1.165, 1.54) is 12.1 Å². The van der Waals surface area contributed by atoms with Crippen molar-refractivity contribution >= 4 is 0 Å². The fraction of sp³-hybridized carbons (Fsp3) is 0.417. The molecule has 0 spiro atoms. The van der Waals surface area contributed by atoms with Gasteiger partial charge in [-0.3, -0.25) is 0 Å². The molecule has 0 aliphatic heterocycles. The molecule has 0 heterocycles. The van der Waals surface area contributed by atoms with Gasteiger partial charge in [0, 0.05) is 12.1 Å². The van der Waals surface area contributed by atoms with E-state index in [2.05, 4.69) is 5.32 Å². The molecule has 0 unspecified atom stereocenters. The Morgan fingerprint density at radius 1 is 1.44 bits per heavy atom. The Morgan fingerprint density at radius 3 is 2.75 bits per heavy atom. The molecule has 0 aromatic heterocycles. The molecule has 0 bridgehead atoms. The summed E-state index contributed by atoms with van der Waals surface area (Å²) >= 11 is 0. The Labute approximate surface area is 93.5 Å². The van der Waals surface area contributed by atoms with Gasteiger partial charge in [-0.15, -0.1) is 0 Å². The second-order valence-corrected chi connectivity index (χ2v) is 4.25. The van der Waals surface area contributed by atoms with Gasteiger partial charge in [0.05, 0.1) is 18.2 Å². The van der Waals surface area contributed by atoms with E-state index in [9.17, 15) is 4.39 Å². The highest BCUT2D eigenvalue weighted by Gasteiger charge is 2.41. The van der Waals surface area contributed by atoms with E-state index < -0.39 is 5.82 Å². The van der Waals surface area contributed by atoms with E-state index >= 15 is 0 Å². The first-order chi connectivity index (χ1) is 7.67. The van der Waals surface area contributed by atoms with Gasteiger partial charge in [0.2, 0.25) is 0 Å². The largest absolute Gasteiger partial charge is 0.394 e. The Morgan fingerprint density at radius 2 is 2.19 bits per heavy atom. The molecule has 0 amide bonds. The van der Waals surface area contributed by atoms with E-state index in [0.29, 0.717) is 12.1 Å². The van der Waals surface area contributed by atoms with Crippen LogP contribution in [-0.2, 0) is 6.54 Å². The van der Waals surface area contributed by atoms with Gasteiger partial charge < -0.3 is 10.4 Å². The molecule has 4 heteroatoms. The standard InChI is InChI=1S/C12H13FN2O/c13-11-4-9(6-14)3-10(5-11)7-15-12(8-16)1-2-12/h3-5,15-16H,1-2,7-8H2. The van der Waals surface area contributed by atoms with Crippen LogP contribution in [0.2, 0.25) is 0 Å². The number of halogens is 1. The number of benzene rings is 1. The van der Waals surface area contributed by atoms with Crippen LogP contribution in [0.1, 0.15) is 24.0 Å². The smallest absolute Gasteiger partial charge is 0.124 e. The van der Waals surface area contributed by atoms with Crippen LogP contribution in [0.5, 0.6) is 0 Å². The predicted octanol–water partition coefficient (Wildman–Crippen LogP) is 1.31. The molecule has 1 aromatic rings. The SMILES string of the molecule is N#Cc1cc(F)cc(CNC2(CO)CC2)c1. The van der Waals surface area contributed by atoms with Gasteiger partial charge >= 0.3 is 0 Å². The zero-order valence-electron chi connectivity index (χ0n) is 8.83. The number of rotatable bonds is 4. The lowest BCUT2D eigenvalue weighted by Gasteiger charge is -2.14. The highest BCUT2D eigenvalue weighted by atomic mass is 19.1. The molecule has 1 saturated carbocycles. The highest BCUT2D eigenvalue weighted by Crippen LogP contribution is 2.34. The van der Waals surface area contributed by atoms with Crippen molar-refractivity contribution in [3.8, 4) is 6.07 Å². The molecule has 0 saturated heterocycles. The Balaban J connectivity index is 2.04. The second kappa shape index (κ2) is 4.20. The predicted molar refractivity (Wildman–Crippen MR) is 57.0 cm³/mol. The van der Waals surface area contributed by atoms with Crippen molar-refractivity contribution in [3.05, 3.63) is 35.1 Å². The first-order valence-corrected chi connectivity index (χ1v) is 5.23. The molecular formula is C12H13FN2O. The maximum absolute atomic E-state index is 13.1. The number of nitrogens with one attached hydrogen (secondary N) is 1. The molecule has 1 aromatic carbocycles. The quantitative estimate of drug-likeness (QED) is 0.804. The van der Waals surface area contributed by atoms with Gasteiger partial charge in [0.25, 0.3) is 0 Å². The Hall–Kier alpha value is -1.44. The van der Waals surface area contributed by atoms with Crippen LogP contribution in [0, 0.1) is 17.1 Å². The summed E-state index contributed by atoms with van der Waals surface area (Å²) in [4.78, 5) is 0. The van der Waals surface area contributed by atoms with Gasteiger partial charge in [0.15, 0.2) is 0 Å². The molecule has 1 fully saturated rings. The van der Waals surface area contributed by atoms with Crippen LogP contribution in [-0.4, -0.2) is 17.3 Å². The summed E-state index contributed by atoms with van der Waals surface area (Å²) < 4.78 is 13.1. The topological polar surface area (TPSA) is 56.0 Å². The molecule has 2 rings (SSSR count). The fourth-order valence-electron chi connectivity index (χ4n) is 1.65. The lowest BCUT2D eigenvalue weighted by atomic mass is 10.1. The van der Waals surface area contributed by atoms with Crippen LogP contribution < -0.4 is 5.32 Å². The lowest BCUT2D eigenvalue weighted by molar-refractivity contribution is 0.229. The molecule has 2 N–H and O–H groups in total. The molecular weight excluding hydrogens is 207 g/mol. The average Bonchev–Trinajstić information content (AvgIpc) is 3.06. The normalized spacial score (nSPS) is 16.8. The Kier molecular flexibility index (Phi) is 2.90. The summed E-state index contributed by atoms with van der Waals surface area (Å²) in [5.41, 5.74) is 0.890. The molecule has 3 nitrogen and oxygen atoms in total. The molecule has 0 atom stereocenters. The summed E-state index contributed by atoms with van der Waals surface area (Å²) in [6.07, 6.45) is 1.90. The molecule has 0 radical (unpaired) electrons. The number of nitrogens with zero attached hydrogens (tertiary/aromatic N) is 1. The molecule has 84 valence electrons. The van der Waals surface area contributed by atoms with Gasteiger partial charge in [0.1, 0.15) is 5.82 Å². The molecule has 1 aliphatic rings.